The number of carbonyl (C=O) groups is 1. The highest BCUT2D eigenvalue weighted by Crippen LogP contribution is 2.32. The zero-order valence-electron chi connectivity index (χ0n) is 15.2. The van der Waals surface area contributed by atoms with Gasteiger partial charge in [-0.3, -0.25) is 4.79 Å². The van der Waals surface area contributed by atoms with Crippen molar-refractivity contribution >= 4 is 12.0 Å². The largest absolute Gasteiger partial charge is 0.497 e. The van der Waals surface area contributed by atoms with Crippen LogP contribution in [-0.2, 0) is 11.3 Å². The SMILES string of the molecule is COc1ccc(OC)c(CN(C(=O)C=Cc2c(F)cccc2F)C2CC2)c1. The summed E-state index contributed by atoms with van der Waals surface area (Å²) in [5, 5.41) is 0. The number of hydrogen-bond donors (Lipinski definition) is 0. The van der Waals surface area contributed by atoms with E-state index in [0.717, 1.165) is 30.5 Å². The molecule has 0 aliphatic heterocycles. The topological polar surface area (TPSA) is 38.8 Å². The first-order valence-corrected chi connectivity index (χ1v) is 8.67. The van der Waals surface area contributed by atoms with Crippen molar-refractivity contribution < 1.29 is 23.0 Å². The second-order valence-corrected chi connectivity index (χ2v) is 6.34. The molecule has 2 aromatic carbocycles. The molecule has 0 heterocycles. The molecule has 0 radical (unpaired) electrons. The molecule has 6 heteroatoms. The fourth-order valence-corrected chi connectivity index (χ4v) is 2.88. The van der Waals surface area contributed by atoms with Gasteiger partial charge in [-0.2, -0.15) is 0 Å². The van der Waals surface area contributed by atoms with Gasteiger partial charge in [-0.25, -0.2) is 8.78 Å². The van der Waals surface area contributed by atoms with Crippen molar-refractivity contribution in [2.75, 3.05) is 14.2 Å². The lowest BCUT2D eigenvalue weighted by molar-refractivity contribution is -0.127. The maximum atomic E-state index is 13.8. The van der Waals surface area contributed by atoms with E-state index in [4.69, 9.17) is 9.47 Å². The quantitative estimate of drug-likeness (QED) is 0.684. The number of rotatable bonds is 7. The van der Waals surface area contributed by atoms with Gasteiger partial charge in [-0.05, 0) is 49.2 Å². The highest BCUT2D eigenvalue weighted by Gasteiger charge is 2.32. The molecule has 2 aromatic rings. The Kier molecular flexibility index (Phi) is 5.74. The molecule has 1 saturated carbocycles. The predicted octanol–water partition coefficient (Wildman–Crippen LogP) is 4.19. The zero-order chi connectivity index (χ0) is 19.4. The van der Waals surface area contributed by atoms with E-state index in [0.29, 0.717) is 18.0 Å². The third-order valence-electron chi connectivity index (χ3n) is 4.49. The van der Waals surface area contributed by atoms with Crippen molar-refractivity contribution in [1.82, 2.24) is 4.90 Å². The lowest BCUT2D eigenvalue weighted by Gasteiger charge is -2.22. The Morgan fingerprint density at radius 3 is 2.44 bits per heavy atom. The zero-order valence-corrected chi connectivity index (χ0v) is 15.2. The molecular formula is C21H21F2NO3. The Balaban J connectivity index is 1.82. The number of hydrogen-bond acceptors (Lipinski definition) is 3. The molecule has 0 aromatic heterocycles. The minimum Gasteiger partial charge on any atom is -0.497 e. The van der Waals surface area contributed by atoms with E-state index in [1.54, 1.807) is 31.3 Å². The van der Waals surface area contributed by atoms with Crippen molar-refractivity contribution in [3.05, 3.63) is 65.2 Å². The molecule has 0 spiro atoms. The van der Waals surface area contributed by atoms with E-state index in [1.165, 1.54) is 18.2 Å². The second kappa shape index (κ2) is 8.20. The van der Waals surface area contributed by atoms with Crippen LogP contribution in [0.15, 0.2) is 42.5 Å². The number of carbonyl (C=O) groups excluding carboxylic acids is 1. The van der Waals surface area contributed by atoms with Gasteiger partial charge >= 0.3 is 0 Å². The molecule has 142 valence electrons. The van der Waals surface area contributed by atoms with Crippen LogP contribution in [0.2, 0.25) is 0 Å². The summed E-state index contributed by atoms with van der Waals surface area (Å²) in [5.41, 5.74) is 0.586. The first kappa shape index (κ1) is 18.9. The van der Waals surface area contributed by atoms with E-state index in [1.807, 2.05) is 6.07 Å². The molecule has 0 bridgehead atoms. The highest BCUT2D eigenvalue weighted by atomic mass is 19.1. The van der Waals surface area contributed by atoms with Crippen LogP contribution < -0.4 is 9.47 Å². The average molecular weight is 373 g/mol. The minimum absolute atomic E-state index is 0.114. The summed E-state index contributed by atoms with van der Waals surface area (Å²) in [4.78, 5) is 14.4. The van der Waals surface area contributed by atoms with Crippen LogP contribution in [0.5, 0.6) is 11.5 Å². The van der Waals surface area contributed by atoms with Crippen LogP contribution >= 0.6 is 0 Å². The lowest BCUT2D eigenvalue weighted by atomic mass is 10.1. The van der Waals surface area contributed by atoms with Gasteiger partial charge in [0, 0.05) is 23.2 Å². The molecule has 0 saturated heterocycles. The number of amides is 1. The summed E-state index contributed by atoms with van der Waals surface area (Å²) in [5.74, 6) is -0.389. The smallest absolute Gasteiger partial charge is 0.247 e. The van der Waals surface area contributed by atoms with E-state index in [9.17, 15) is 13.6 Å². The van der Waals surface area contributed by atoms with Crippen LogP contribution in [0.4, 0.5) is 8.78 Å². The van der Waals surface area contributed by atoms with Crippen molar-refractivity contribution in [3.63, 3.8) is 0 Å². The molecule has 0 N–H and O–H groups in total. The van der Waals surface area contributed by atoms with Crippen molar-refractivity contribution in [1.29, 1.82) is 0 Å². The molecular weight excluding hydrogens is 352 g/mol. The maximum absolute atomic E-state index is 13.8. The third-order valence-corrected chi connectivity index (χ3v) is 4.49. The van der Waals surface area contributed by atoms with Gasteiger partial charge in [0.05, 0.1) is 20.8 Å². The van der Waals surface area contributed by atoms with Crippen molar-refractivity contribution in [2.45, 2.75) is 25.4 Å². The van der Waals surface area contributed by atoms with Gasteiger partial charge < -0.3 is 14.4 Å². The number of halogens is 2. The first-order valence-electron chi connectivity index (χ1n) is 8.67. The molecule has 1 fully saturated rings. The Hall–Kier alpha value is -2.89. The van der Waals surface area contributed by atoms with E-state index in [-0.39, 0.29) is 17.5 Å². The maximum Gasteiger partial charge on any atom is 0.247 e. The Bertz CT molecular complexity index is 842. The van der Waals surface area contributed by atoms with Crippen LogP contribution in [0.3, 0.4) is 0 Å². The van der Waals surface area contributed by atoms with Gasteiger partial charge in [0.2, 0.25) is 5.91 Å². The molecule has 27 heavy (non-hydrogen) atoms. The summed E-state index contributed by atoms with van der Waals surface area (Å²) in [6, 6.07) is 9.11. The molecule has 0 atom stereocenters. The van der Waals surface area contributed by atoms with Gasteiger partial charge in [0.1, 0.15) is 23.1 Å². The van der Waals surface area contributed by atoms with Gasteiger partial charge in [0.25, 0.3) is 0 Å². The van der Waals surface area contributed by atoms with E-state index in [2.05, 4.69) is 0 Å². The minimum atomic E-state index is -0.702. The van der Waals surface area contributed by atoms with Gasteiger partial charge in [-0.1, -0.05) is 6.07 Å². The summed E-state index contributed by atoms with van der Waals surface area (Å²) in [6.07, 6.45) is 4.21. The summed E-state index contributed by atoms with van der Waals surface area (Å²) in [6.45, 7) is 0.327. The first-order chi connectivity index (χ1) is 13.0. The number of ether oxygens (including phenoxy) is 2. The predicted molar refractivity (Wildman–Crippen MR) is 98.5 cm³/mol. The van der Waals surface area contributed by atoms with Crippen molar-refractivity contribution in [2.24, 2.45) is 0 Å². The lowest BCUT2D eigenvalue weighted by Crippen LogP contribution is -2.31. The number of methoxy groups -OCH3 is 2. The Morgan fingerprint density at radius 1 is 1.15 bits per heavy atom. The summed E-state index contributed by atoms with van der Waals surface area (Å²) < 4.78 is 38.1. The molecule has 4 nitrogen and oxygen atoms in total. The average Bonchev–Trinajstić information content (AvgIpc) is 3.50. The number of nitrogens with zero attached hydrogens (tertiary/aromatic N) is 1. The second-order valence-electron chi connectivity index (χ2n) is 6.34. The van der Waals surface area contributed by atoms with Crippen LogP contribution in [0, 0.1) is 11.6 Å². The Morgan fingerprint density at radius 2 is 1.85 bits per heavy atom. The monoisotopic (exact) mass is 373 g/mol. The fourth-order valence-electron chi connectivity index (χ4n) is 2.88. The van der Waals surface area contributed by atoms with Crippen molar-refractivity contribution in [3.8, 4) is 11.5 Å². The highest BCUT2D eigenvalue weighted by molar-refractivity contribution is 5.92. The van der Waals surface area contributed by atoms with E-state index < -0.39 is 11.6 Å². The van der Waals surface area contributed by atoms with Crippen LogP contribution in [-0.4, -0.2) is 31.1 Å². The molecule has 1 aliphatic carbocycles. The molecule has 1 amide bonds. The molecule has 0 unspecified atom stereocenters. The third kappa shape index (κ3) is 4.45. The fraction of sp³-hybridized carbons (Fsp3) is 0.286. The molecule has 1 aliphatic rings. The van der Waals surface area contributed by atoms with Gasteiger partial charge in [-0.15, -0.1) is 0 Å². The number of benzene rings is 2. The van der Waals surface area contributed by atoms with E-state index >= 15 is 0 Å². The summed E-state index contributed by atoms with van der Waals surface area (Å²) in [7, 11) is 3.14. The van der Waals surface area contributed by atoms with Gasteiger partial charge in [0.15, 0.2) is 0 Å². The normalized spacial score (nSPS) is 13.6. The van der Waals surface area contributed by atoms with Crippen LogP contribution in [0.1, 0.15) is 24.0 Å². The summed E-state index contributed by atoms with van der Waals surface area (Å²) >= 11 is 0. The van der Waals surface area contributed by atoms with Crippen LogP contribution in [0.25, 0.3) is 6.08 Å². The standard InChI is InChI=1S/C21H21F2NO3/c1-26-16-8-10-20(27-2)14(12-16)13-24(15-6-7-15)21(25)11-9-17-18(22)4-3-5-19(17)23/h3-5,8-12,15H,6-7,13H2,1-2H3. The Labute approximate surface area is 157 Å². The molecule has 3 rings (SSSR count).